The molecule has 3 nitrogen and oxygen atoms in total. The average Bonchev–Trinajstić information content (AvgIpc) is 2.26. The van der Waals surface area contributed by atoms with Crippen molar-refractivity contribution >= 4 is 0 Å². The van der Waals surface area contributed by atoms with Crippen LogP contribution in [0.4, 0.5) is 0 Å². The highest BCUT2D eigenvalue weighted by Crippen LogP contribution is 2.25. The maximum Gasteiger partial charge on any atom is 0.0788 e. The number of aliphatic hydroxyl groups excluding tert-OH is 1. The Balaban J connectivity index is 4.07. The van der Waals surface area contributed by atoms with E-state index < -0.39 is 0 Å². The van der Waals surface area contributed by atoms with Gasteiger partial charge in [0.1, 0.15) is 0 Å². The van der Waals surface area contributed by atoms with Gasteiger partial charge in [-0.2, -0.15) is 0 Å². The third-order valence-corrected chi connectivity index (χ3v) is 2.92. The lowest BCUT2D eigenvalue weighted by Gasteiger charge is -2.33. The molecule has 17 heavy (non-hydrogen) atoms. The summed E-state index contributed by atoms with van der Waals surface area (Å²) in [5.74, 6) is 0. The van der Waals surface area contributed by atoms with Crippen LogP contribution in [0.2, 0.25) is 0 Å². The molecule has 2 unspecified atom stereocenters. The number of hydrogen-bond donors (Lipinski definition) is 1. The summed E-state index contributed by atoms with van der Waals surface area (Å²) in [4.78, 5) is 0. The first-order valence-corrected chi connectivity index (χ1v) is 6.87. The highest BCUT2D eigenvalue weighted by molar-refractivity contribution is 4.75. The minimum Gasteiger partial charge on any atom is -0.394 e. The van der Waals surface area contributed by atoms with E-state index in [2.05, 4.69) is 20.8 Å². The van der Waals surface area contributed by atoms with Crippen molar-refractivity contribution < 1.29 is 14.6 Å². The summed E-state index contributed by atoms with van der Waals surface area (Å²) in [5, 5.41) is 8.88. The van der Waals surface area contributed by atoms with E-state index in [0.29, 0.717) is 6.61 Å². The van der Waals surface area contributed by atoms with E-state index in [1.807, 2.05) is 13.8 Å². The Labute approximate surface area is 107 Å². The number of hydrogen-bond acceptors (Lipinski definition) is 3. The van der Waals surface area contributed by atoms with E-state index in [9.17, 15) is 0 Å². The molecule has 0 spiro atoms. The monoisotopic (exact) mass is 246 g/mol. The normalized spacial score (nSPS) is 15.9. The first-order chi connectivity index (χ1) is 7.97. The van der Waals surface area contributed by atoms with Crippen molar-refractivity contribution in [3.05, 3.63) is 0 Å². The molecule has 0 heterocycles. The zero-order valence-corrected chi connectivity index (χ0v) is 12.2. The summed E-state index contributed by atoms with van der Waals surface area (Å²) in [6.45, 7) is 11.1. The molecule has 1 N–H and O–H groups in total. The van der Waals surface area contributed by atoms with Crippen LogP contribution in [0.3, 0.4) is 0 Å². The molecule has 0 amide bonds. The summed E-state index contributed by atoms with van der Waals surface area (Å²) in [6.07, 6.45) is 4.41. The Kier molecular flexibility index (Phi) is 8.83. The van der Waals surface area contributed by atoms with Crippen molar-refractivity contribution in [2.24, 2.45) is 0 Å². The maximum atomic E-state index is 8.88. The second-order valence-corrected chi connectivity index (χ2v) is 5.20. The van der Waals surface area contributed by atoms with Gasteiger partial charge in [0.2, 0.25) is 0 Å². The molecule has 0 saturated carbocycles. The summed E-state index contributed by atoms with van der Waals surface area (Å²) < 4.78 is 11.6. The quantitative estimate of drug-likeness (QED) is 0.643. The zero-order valence-electron chi connectivity index (χ0n) is 12.2. The van der Waals surface area contributed by atoms with E-state index in [4.69, 9.17) is 14.6 Å². The van der Waals surface area contributed by atoms with Crippen molar-refractivity contribution in [1.82, 2.24) is 0 Å². The highest BCUT2D eigenvalue weighted by atomic mass is 16.6. The molecule has 0 aliphatic heterocycles. The Hall–Kier alpha value is -0.120. The summed E-state index contributed by atoms with van der Waals surface area (Å²) in [6, 6.07) is 0. The van der Waals surface area contributed by atoms with Crippen molar-refractivity contribution in [1.29, 1.82) is 0 Å². The van der Waals surface area contributed by atoms with Gasteiger partial charge in [-0.15, -0.1) is 0 Å². The molecule has 0 saturated heterocycles. The third-order valence-electron chi connectivity index (χ3n) is 2.92. The minimum absolute atomic E-state index is 0.0330. The minimum atomic E-state index is -0.107. The molecule has 0 bridgehead atoms. The van der Waals surface area contributed by atoms with E-state index in [1.54, 1.807) is 0 Å². The lowest BCUT2D eigenvalue weighted by molar-refractivity contribution is -0.122. The largest absolute Gasteiger partial charge is 0.394 e. The summed E-state index contributed by atoms with van der Waals surface area (Å²) >= 11 is 0. The van der Waals surface area contributed by atoms with Gasteiger partial charge in [-0.1, -0.05) is 26.7 Å². The second kappa shape index (κ2) is 8.90. The molecule has 0 aliphatic rings. The zero-order chi connectivity index (χ0) is 13.3. The number of aliphatic hydroxyl groups is 1. The van der Waals surface area contributed by atoms with Gasteiger partial charge in [0, 0.05) is 0 Å². The topological polar surface area (TPSA) is 38.7 Å². The average molecular weight is 246 g/mol. The fourth-order valence-electron chi connectivity index (χ4n) is 2.17. The SMILES string of the molecule is CCCC(C)(CCC)OC(C)COC(C)CO. The Morgan fingerprint density at radius 1 is 1.06 bits per heavy atom. The molecule has 0 fully saturated rings. The highest BCUT2D eigenvalue weighted by Gasteiger charge is 2.25. The van der Waals surface area contributed by atoms with Crippen LogP contribution in [0.1, 0.15) is 60.3 Å². The number of rotatable bonds is 10. The van der Waals surface area contributed by atoms with Gasteiger partial charge < -0.3 is 14.6 Å². The molecule has 0 aromatic rings. The predicted octanol–water partition coefficient (Wildman–Crippen LogP) is 3.15. The maximum absolute atomic E-state index is 8.88. The molecule has 0 aromatic heterocycles. The van der Waals surface area contributed by atoms with Gasteiger partial charge in [-0.25, -0.2) is 0 Å². The van der Waals surface area contributed by atoms with E-state index in [0.717, 1.165) is 25.7 Å². The van der Waals surface area contributed by atoms with Gasteiger partial charge in [-0.3, -0.25) is 0 Å². The Bertz CT molecular complexity index is 176. The Morgan fingerprint density at radius 2 is 1.59 bits per heavy atom. The third kappa shape index (κ3) is 7.74. The van der Waals surface area contributed by atoms with Gasteiger partial charge in [0.15, 0.2) is 0 Å². The van der Waals surface area contributed by atoms with Gasteiger partial charge in [0.05, 0.1) is 31.0 Å². The lowest BCUT2D eigenvalue weighted by Crippen LogP contribution is -2.35. The van der Waals surface area contributed by atoms with Gasteiger partial charge in [0.25, 0.3) is 0 Å². The molecule has 0 aliphatic carbocycles. The molecular weight excluding hydrogens is 216 g/mol. The van der Waals surface area contributed by atoms with Crippen molar-refractivity contribution in [2.45, 2.75) is 78.1 Å². The van der Waals surface area contributed by atoms with Crippen LogP contribution < -0.4 is 0 Å². The molecule has 0 aromatic carbocycles. The fourth-order valence-corrected chi connectivity index (χ4v) is 2.17. The molecule has 104 valence electrons. The summed E-state index contributed by atoms with van der Waals surface area (Å²) in [7, 11) is 0. The van der Waals surface area contributed by atoms with Crippen LogP contribution >= 0.6 is 0 Å². The molecule has 2 atom stereocenters. The molecular formula is C14H30O3. The van der Waals surface area contributed by atoms with E-state index in [-0.39, 0.29) is 24.4 Å². The standard InChI is InChI=1S/C14H30O3/c1-6-8-14(5,9-7-2)17-13(4)11-16-12(3)10-15/h12-13,15H,6-11H2,1-5H3. The second-order valence-electron chi connectivity index (χ2n) is 5.20. The molecule has 0 rings (SSSR count). The van der Waals surface area contributed by atoms with Crippen LogP contribution in [0, 0.1) is 0 Å². The summed E-state index contributed by atoms with van der Waals surface area (Å²) in [5.41, 5.74) is -0.0330. The van der Waals surface area contributed by atoms with Crippen LogP contribution in [0.15, 0.2) is 0 Å². The first-order valence-electron chi connectivity index (χ1n) is 6.87. The smallest absolute Gasteiger partial charge is 0.0788 e. The van der Waals surface area contributed by atoms with Crippen LogP contribution in [0.25, 0.3) is 0 Å². The van der Waals surface area contributed by atoms with Crippen molar-refractivity contribution in [3.8, 4) is 0 Å². The van der Waals surface area contributed by atoms with Crippen molar-refractivity contribution in [3.63, 3.8) is 0 Å². The predicted molar refractivity (Wildman–Crippen MR) is 71.3 cm³/mol. The van der Waals surface area contributed by atoms with Crippen LogP contribution in [-0.2, 0) is 9.47 Å². The fraction of sp³-hybridized carbons (Fsp3) is 1.00. The lowest BCUT2D eigenvalue weighted by atomic mass is 9.94. The van der Waals surface area contributed by atoms with E-state index in [1.165, 1.54) is 0 Å². The first kappa shape index (κ1) is 16.9. The van der Waals surface area contributed by atoms with E-state index >= 15 is 0 Å². The number of ether oxygens (including phenoxy) is 2. The van der Waals surface area contributed by atoms with Gasteiger partial charge in [-0.05, 0) is 33.6 Å². The van der Waals surface area contributed by atoms with Crippen LogP contribution in [-0.4, -0.2) is 36.1 Å². The Morgan fingerprint density at radius 3 is 2.00 bits per heavy atom. The van der Waals surface area contributed by atoms with Crippen molar-refractivity contribution in [2.75, 3.05) is 13.2 Å². The molecule has 0 radical (unpaired) electrons. The molecule has 3 heteroatoms. The van der Waals surface area contributed by atoms with Gasteiger partial charge >= 0.3 is 0 Å². The van der Waals surface area contributed by atoms with Crippen LogP contribution in [0.5, 0.6) is 0 Å².